The summed E-state index contributed by atoms with van der Waals surface area (Å²) in [6.07, 6.45) is 0.306. The van der Waals surface area contributed by atoms with E-state index in [0.717, 1.165) is 0 Å². The van der Waals surface area contributed by atoms with Crippen molar-refractivity contribution in [2.75, 3.05) is 32.6 Å². The molecular weight excluding hydrogens is 402 g/mol. The van der Waals surface area contributed by atoms with Crippen molar-refractivity contribution in [1.29, 1.82) is 0 Å². The molecule has 1 fully saturated rings. The van der Waals surface area contributed by atoms with E-state index in [1.807, 2.05) is 0 Å². The van der Waals surface area contributed by atoms with Gasteiger partial charge in [-0.25, -0.2) is 8.42 Å². The lowest BCUT2D eigenvalue weighted by Crippen LogP contribution is -2.37. The molecule has 1 amide bonds. The molecule has 1 saturated heterocycles. The third kappa shape index (κ3) is 4.77. The molecule has 0 aromatic heterocycles. The number of hydrogen-bond donors (Lipinski definition) is 0. The van der Waals surface area contributed by atoms with E-state index in [2.05, 4.69) is 0 Å². The molecule has 3 rings (SSSR count). The maximum atomic E-state index is 12.7. The topological polar surface area (TPSA) is 72.9 Å². The maximum absolute atomic E-state index is 12.7. The average Bonchev–Trinajstić information content (AvgIpc) is 2.85. The van der Waals surface area contributed by atoms with Crippen LogP contribution in [0.5, 0.6) is 11.5 Å². The van der Waals surface area contributed by atoms with Crippen LogP contribution in [0.15, 0.2) is 48.5 Å². The third-order valence-electron chi connectivity index (χ3n) is 4.77. The Morgan fingerprint density at radius 2 is 1.79 bits per heavy atom. The summed E-state index contributed by atoms with van der Waals surface area (Å²) in [5.41, 5.74) is 0.591. The summed E-state index contributed by atoms with van der Waals surface area (Å²) >= 11 is 6.20. The first-order valence-corrected chi connectivity index (χ1v) is 11.0. The number of rotatable bonds is 5. The van der Waals surface area contributed by atoms with Gasteiger partial charge in [-0.1, -0.05) is 29.8 Å². The number of carbonyl (C=O) groups is 1. The van der Waals surface area contributed by atoms with Crippen molar-refractivity contribution in [2.24, 2.45) is 0 Å². The number of ether oxygens (including phenoxy) is 2. The molecule has 0 radical (unpaired) electrons. The molecular formula is C20H22ClNO5S. The molecule has 1 atom stereocenters. The summed E-state index contributed by atoms with van der Waals surface area (Å²) in [6, 6.07) is 13.9. The molecule has 8 heteroatoms. The van der Waals surface area contributed by atoms with Gasteiger partial charge in [0, 0.05) is 18.1 Å². The lowest BCUT2D eigenvalue weighted by atomic mass is 10.1. The highest BCUT2D eigenvalue weighted by molar-refractivity contribution is 7.91. The Morgan fingerprint density at radius 3 is 2.46 bits per heavy atom. The minimum Gasteiger partial charge on any atom is -0.497 e. The minimum absolute atomic E-state index is 0.100. The molecule has 0 spiro atoms. The fourth-order valence-corrected chi connectivity index (χ4v) is 5.34. The van der Waals surface area contributed by atoms with Crippen molar-refractivity contribution in [3.05, 3.63) is 59.1 Å². The predicted octanol–water partition coefficient (Wildman–Crippen LogP) is 3.12. The Hall–Kier alpha value is -2.25. The maximum Gasteiger partial charge on any atom is 0.260 e. The van der Waals surface area contributed by atoms with Gasteiger partial charge in [-0.3, -0.25) is 4.79 Å². The Bertz CT molecular complexity index is 930. The average molecular weight is 424 g/mol. The second-order valence-electron chi connectivity index (χ2n) is 6.51. The molecule has 6 nitrogen and oxygen atoms in total. The van der Waals surface area contributed by atoms with Crippen LogP contribution in [0.25, 0.3) is 0 Å². The fraction of sp³-hybridized carbons (Fsp3) is 0.350. The molecule has 1 unspecified atom stereocenters. The monoisotopic (exact) mass is 423 g/mol. The number of sulfone groups is 1. The summed E-state index contributed by atoms with van der Waals surface area (Å²) in [5.74, 6) is 0.898. The zero-order valence-corrected chi connectivity index (χ0v) is 17.1. The smallest absolute Gasteiger partial charge is 0.260 e. The lowest BCUT2D eigenvalue weighted by molar-refractivity contribution is -0.133. The van der Waals surface area contributed by atoms with Gasteiger partial charge in [-0.05, 0) is 42.3 Å². The van der Waals surface area contributed by atoms with Crippen LogP contribution < -0.4 is 9.47 Å². The first-order chi connectivity index (χ1) is 13.4. The molecule has 28 heavy (non-hydrogen) atoms. The van der Waals surface area contributed by atoms with Crippen LogP contribution in [0, 0.1) is 0 Å². The normalized spacial score (nSPS) is 18.9. The fourth-order valence-electron chi connectivity index (χ4n) is 3.19. The molecule has 1 aliphatic heterocycles. The van der Waals surface area contributed by atoms with E-state index in [1.165, 1.54) is 4.90 Å². The van der Waals surface area contributed by atoms with E-state index in [4.69, 9.17) is 21.1 Å². The Morgan fingerprint density at radius 1 is 1.11 bits per heavy atom. The highest BCUT2D eigenvalue weighted by Gasteiger charge is 2.33. The highest BCUT2D eigenvalue weighted by Crippen LogP contribution is 2.33. The summed E-state index contributed by atoms with van der Waals surface area (Å²) < 4.78 is 36.1. The van der Waals surface area contributed by atoms with Crippen molar-refractivity contribution in [1.82, 2.24) is 4.90 Å². The van der Waals surface area contributed by atoms with Crippen LogP contribution in [-0.2, 0) is 14.6 Å². The first kappa shape index (κ1) is 20.5. The van der Waals surface area contributed by atoms with Gasteiger partial charge >= 0.3 is 0 Å². The molecule has 0 saturated carbocycles. The molecule has 1 heterocycles. The van der Waals surface area contributed by atoms with Gasteiger partial charge in [-0.2, -0.15) is 0 Å². The lowest BCUT2D eigenvalue weighted by Gasteiger charge is -2.20. The second-order valence-corrected chi connectivity index (χ2v) is 9.22. The van der Waals surface area contributed by atoms with Crippen LogP contribution in [0.4, 0.5) is 0 Å². The predicted molar refractivity (Wildman–Crippen MR) is 108 cm³/mol. The van der Waals surface area contributed by atoms with Crippen LogP contribution in [-0.4, -0.2) is 51.8 Å². The quantitative estimate of drug-likeness (QED) is 0.738. The van der Waals surface area contributed by atoms with Gasteiger partial charge in [0.1, 0.15) is 11.5 Å². The summed E-state index contributed by atoms with van der Waals surface area (Å²) in [5, 5.41) is -0.278. The second kappa shape index (κ2) is 8.84. The van der Waals surface area contributed by atoms with Gasteiger partial charge in [0.25, 0.3) is 5.91 Å². The molecule has 1 aliphatic rings. The van der Waals surface area contributed by atoms with Crippen molar-refractivity contribution < 1.29 is 22.7 Å². The van der Waals surface area contributed by atoms with Crippen LogP contribution in [0.2, 0.25) is 5.02 Å². The highest BCUT2D eigenvalue weighted by atomic mass is 35.5. The van der Waals surface area contributed by atoms with Gasteiger partial charge in [0.15, 0.2) is 16.4 Å². The standard InChI is InChI=1S/C20H22ClNO5S/c1-26-15-6-8-16(9-7-15)27-14-20(23)22-11-10-19(28(24,25)13-12-22)17-4-2-3-5-18(17)21/h2-9,19H,10-14H2,1H3. The largest absolute Gasteiger partial charge is 0.497 e. The molecule has 0 bridgehead atoms. The zero-order chi connectivity index (χ0) is 20.1. The van der Waals surface area contributed by atoms with Gasteiger partial charge in [0.05, 0.1) is 18.1 Å². The summed E-state index contributed by atoms with van der Waals surface area (Å²) in [7, 11) is -1.84. The molecule has 0 N–H and O–H groups in total. The first-order valence-electron chi connectivity index (χ1n) is 8.91. The third-order valence-corrected chi connectivity index (χ3v) is 7.22. The van der Waals surface area contributed by atoms with Gasteiger partial charge in [0.2, 0.25) is 0 Å². The van der Waals surface area contributed by atoms with E-state index in [1.54, 1.807) is 55.6 Å². The summed E-state index contributed by atoms with van der Waals surface area (Å²) in [6.45, 7) is 0.331. The number of halogens is 1. The van der Waals surface area contributed by atoms with E-state index in [9.17, 15) is 13.2 Å². The number of amides is 1. The molecule has 2 aromatic carbocycles. The molecule has 0 aliphatic carbocycles. The van der Waals surface area contributed by atoms with E-state index >= 15 is 0 Å². The van der Waals surface area contributed by atoms with Crippen LogP contribution in [0.1, 0.15) is 17.2 Å². The van der Waals surface area contributed by atoms with E-state index in [0.29, 0.717) is 35.1 Å². The number of benzene rings is 2. The minimum atomic E-state index is -3.41. The van der Waals surface area contributed by atoms with Gasteiger partial charge in [-0.15, -0.1) is 0 Å². The van der Waals surface area contributed by atoms with Crippen molar-refractivity contribution in [3.8, 4) is 11.5 Å². The Labute approximate surface area is 169 Å². The number of methoxy groups -OCH3 is 1. The Balaban J connectivity index is 1.64. The van der Waals surface area contributed by atoms with Crippen molar-refractivity contribution in [2.45, 2.75) is 11.7 Å². The van der Waals surface area contributed by atoms with E-state index < -0.39 is 15.1 Å². The van der Waals surface area contributed by atoms with Crippen molar-refractivity contribution >= 4 is 27.3 Å². The number of nitrogens with zero attached hydrogens (tertiary/aromatic N) is 1. The van der Waals surface area contributed by atoms with E-state index in [-0.39, 0.29) is 24.8 Å². The molecule has 2 aromatic rings. The van der Waals surface area contributed by atoms with Crippen LogP contribution >= 0.6 is 11.6 Å². The molecule has 150 valence electrons. The number of carbonyl (C=O) groups excluding carboxylic acids is 1. The van der Waals surface area contributed by atoms with Gasteiger partial charge < -0.3 is 14.4 Å². The zero-order valence-electron chi connectivity index (χ0n) is 15.5. The Kier molecular flexibility index (Phi) is 6.46. The summed E-state index contributed by atoms with van der Waals surface area (Å²) in [4.78, 5) is 14.1. The van der Waals surface area contributed by atoms with Crippen molar-refractivity contribution in [3.63, 3.8) is 0 Å². The SMILES string of the molecule is COc1ccc(OCC(=O)N2CCC(c3ccccc3Cl)S(=O)(=O)CC2)cc1. The number of hydrogen-bond acceptors (Lipinski definition) is 5. The van der Waals surface area contributed by atoms with Crippen LogP contribution in [0.3, 0.4) is 0 Å².